The third kappa shape index (κ3) is 2.97. The molecule has 0 saturated heterocycles. The first kappa shape index (κ1) is 12.5. The molecule has 0 aliphatic rings. The van der Waals surface area contributed by atoms with Gasteiger partial charge in [-0.25, -0.2) is 0 Å². The van der Waals surface area contributed by atoms with E-state index in [1.54, 1.807) is 25.1 Å². The molecule has 1 rings (SSSR count). The molecule has 88 valence electrons. The van der Waals surface area contributed by atoms with Gasteiger partial charge in [0.15, 0.2) is 0 Å². The van der Waals surface area contributed by atoms with E-state index >= 15 is 0 Å². The van der Waals surface area contributed by atoms with Crippen LogP contribution in [0.5, 0.6) is 5.75 Å². The third-order valence-electron chi connectivity index (χ3n) is 2.46. The maximum Gasteiger partial charge on any atom is 0.310 e. The lowest BCUT2D eigenvalue weighted by atomic mass is 9.98. The van der Waals surface area contributed by atoms with Crippen LogP contribution in [-0.4, -0.2) is 35.2 Å². The molecule has 1 atom stereocenters. The van der Waals surface area contributed by atoms with Gasteiger partial charge in [0, 0.05) is 12.1 Å². The first-order valence-electron chi connectivity index (χ1n) is 5.11. The molecule has 0 aliphatic carbocycles. The summed E-state index contributed by atoms with van der Waals surface area (Å²) in [7, 11) is 3.79. The molecule has 0 bridgehead atoms. The van der Waals surface area contributed by atoms with E-state index in [4.69, 9.17) is 5.11 Å². The quantitative estimate of drug-likeness (QED) is 0.814. The normalized spacial score (nSPS) is 12.8. The Kier molecular flexibility index (Phi) is 3.90. The minimum absolute atomic E-state index is 0.204. The molecule has 16 heavy (non-hydrogen) atoms. The summed E-state index contributed by atoms with van der Waals surface area (Å²) in [4.78, 5) is 12.8. The monoisotopic (exact) mass is 223 g/mol. The van der Waals surface area contributed by atoms with Crippen LogP contribution in [0.3, 0.4) is 0 Å². The van der Waals surface area contributed by atoms with Crippen molar-refractivity contribution in [3.8, 4) is 5.75 Å². The van der Waals surface area contributed by atoms with Crippen LogP contribution in [0.4, 0.5) is 0 Å². The standard InChI is InChI=1S/C12H17NO3/c1-8(12(15)16)9-4-5-11(14)10(6-9)7-13(2)3/h4-6,8,14H,7H2,1-3H3,(H,15,16). The fourth-order valence-corrected chi connectivity index (χ4v) is 1.48. The molecule has 2 N–H and O–H groups in total. The first-order chi connectivity index (χ1) is 7.41. The van der Waals surface area contributed by atoms with Crippen molar-refractivity contribution < 1.29 is 15.0 Å². The maximum atomic E-state index is 10.8. The van der Waals surface area contributed by atoms with Crippen LogP contribution in [0.1, 0.15) is 24.0 Å². The lowest BCUT2D eigenvalue weighted by Crippen LogP contribution is -2.12. The minimum Gasteiger partial charge on any atom is -0.508 e. The number of phenolic OH excluding ortho intramolecular Hbond substituents is 1. The van der Waals surface area contributed by atoms with Gasteiger partial charge in [0.25, 0.3) is 0 Å². The zero-order valence-electron chi connectivity index (χ0n) is 9.77. The fourth-order valence-electron chi connectivity index (χ4n) is 1.48. The smallest absolute Gasteiger partial charge is 0.310 e. The second-order valence-electron chi connectivity index (χ2n) is 4.19. The van der Waals surface area contributed by atoms with E-state index in [0.29, 0.717) is 12.1 Å². The summed E-state index contributed by atoms with van der Waals surface area (Å²) in [6, 6.07) is 4.94. The van der Waals surface area contributed by atoms with Gasteiger partial charge in [-0.05, 0) is 38.7 Å². The molecule has 4 heteroatoms. The number of nitrogens with zero attached hydrogens (tertiary/aromatic N) is 1. The van der Waals surface area contributed by atoms with Crippen LogP contribution < -0.4 is 0 Å². The summed E-state index contributed by atoms with van der Waals surface area (Å²) in [5, 5.41) is 18.5. The lowest BCUT2D eigenvalue weighted by Gasteiger charge is -2.14. The number of carboxylic acids is 1. The third-order valence-corrected chi connectivity index (χ3v) is 2.46. The van der Waals surface area contributed by atoms with E-state index in [9.17, 15) is 9.90 Å². The molecular formula is C12H17NO3. The average Bonchev–Trinajstić information content (AvgIpc) is 2.19. The minimum atomic E-state index is -0.860. The van der Waals surface area contributed by atoms with Gasteiger partial charge in [0.2, 0.25) is 0 Å². The number of benzene rings is 1. The van der Waals surface area contributed by atoms with Gasteiger partial charge in [0.1, 0.15) is 5.75 Å². The molecule has 0 heterocycles. The van der Waals surface area contributed by atoms with Gasteiger partial charge in [-0.15, -0.1) is 0 Å². The van der Waals surface area contributed by atoms with Gasteiger partial charge in [0.05, 0.1) is 5.92 Å². The Morgan fingerprint density at radius 1 is 1.44 bits per heavy atom. The highest BCUT2D eigenvalue weighted by molar-refractivity contribution is 5.75. The van der Waals surface area contributed by atoms with Crippen LogP contribution >= 0.6 is 0 Å². The van der Waals surface area contributed by atoms with E-state index in [1.165, 1.54) is 0 Å². The molecule has 0 radical (unpaired) electrons. The Balaban J connectivity index is 3.02. The Labute approximate surface area is 95.1 Å². The second kappa shape index (κ2) is 4.99. The van der Waals surface area contributed by atoms with E-state index in [2.05, 4.69) is 0 Å². The van der Waals surface area contributed by atoms with Crippen molar-refractivity contribution >= 4 is 5.97 Å². The Hall–Kier alpha value is -1.55. The number of aromatic hydroxyl groups is 1. The molecular weight excluding hydrogens is 206 g/mol. The van der Waals surface area contributed by atoms with Crippen LogP contribution in [0.25, 0.3) is 0 Å². The zero-order chi connectivity index (χ0) is 12.3. The van der Waals surface area contributed by atoms with Gasteiger partial charge >= 0.3 is 5.97 Å². The predicted molar refractivity (Wildman–Crippen MR) is 61.5 cm³/mol. The second-order valence-corrected chi connectivity index (χ2v) is 4.19. The highest BCUT2D eigenvalue weighted by Gasteiger charge is 2.15. The Bertz CT molecular complexity index is 388. The first-order valence-corrected chi connectivity index (χ1v) is 5.11. The maximum absolute atomic E-state index is 10.8. The van der Waals surface area contributed by atoms with E-state index in [0.717, 1.165) is 5.56 Å². The van der Waals surface area contributed by atoms with Crippen molar-refractivity contribution in [2.45, 2.75) is 19.4 Å². The number of carboxylic acid groups (broad SMARTS) is 1. The summed E-state index contributed by atoms with van der Waals surface area (Å²) >= 11 is 0. The van der Waals surface area contributed by atoms with Crippen molar-refractivity contribution in [3.63, 3.8) is 0 Å². The summed E-state index contributed by atoms with van der Waals surface area (Å²) in [6.45, 7) is 2.22. The van der Waals surface area contributed by atoms with E-state index in [1.807, 2.05) is 19.0 Å². The number of hydrogen-bond acceptors (Lipinski definition) is 3. The molecule has 1 aromatic rings. The molecule has 0 saturated carbocycles. The summed E-state index contributed by atoms with van der Waals surface area (Å²) in [5.41, 5.74) is 1.46. The van der Waals surface area contributed by atoms with Crippen LogP contribution in [-0.2, 0) is 11.3 Å². The van der Waals surface area contributed by atoms with E-state index in [-0.39, 0.29) is 5.75 Å². The number of rotatable bonds is 4. The highest BCUT2D eigenvalue weighted by Crippen LogP contribution is 2.24. The van der Waals surface area contributed by atoms with Crippen LogP contribution in [0, 0.1) is 0 Å². The van der Waals surface area contributed by atoms with E-state index < -0.39 is 11.9 Å². The largest absolute Gasteiger partial charge is 0.508 e. The number of carbonyl (C=O) groups is 1. The number of hydrogen-bond donors (Lipinski definition) is 2. The van der Waals surface area contributed by atoms with Gasteiger partial charge in [-0.3, -0.25) is 4.79 Å². The van der Waals surface area contributed by atoms with Gasteiger partial charge in [-0.1, -0.05) is 6.07 Å². The highest BCUT2D eigenvalue weighted by atomic mass is 16.4. The summed E-state index contributed by atoms with van der Waals surface area (Å²) in [5.74, 6) is -1.21. The Morgan fingerprint density at radius 2 is 2.06 bits per heavy atom. The molecule has 0 fully saturated rings. The van der Waals surface area contributed by atoms with Crippen molar-refractivity contribution in [3.05, 3.63) is 29.3 Å². The van der Waals surface area contributed by atoms with Crippen LogP contribution in [0.15, 0.2) is 18.2 Å². The molecule has 0 aliphatic heterocycles. The zero-order valence-corrected chi connectivity index (χ0v) is 9.77. The molecule has 0 amide bonds. The van der Waals surface area contributed by atoms with Gasteiger partial charge in [-0.2, -0.15) is 0 Å². The predicted octanol–water partition coefficient (Wildman–Crippen LogP) is 1.64. The molecule has 4 nitrogen and oxygen atoms in total. The molecule has 0 spiro atoms. The molecule has 1 aromatic carbocycles. The van der Waals surface area contributed by atoms with Gasteiger partial charge < -0.3 is 15.1 Å². The lowest BCUT2D eigenvalue weighted by molar-refractivity contribution is -0.138. The van der Waals surface area contributed by atoms with Crippen molar-refractivity contribution in [1.29, 1.82) is 0 Å². The SMILES string of the molecule is CC(C(=O)O)c1ccc(O)c(CN(C)C)c1. The molecule has 0 aromatic heterocycles. The number of aliphatic carboxylic acids is 1. The van der Waals surface area contributed by atoms with Crippen molar-refractivity contribution in [2.75, 3.05) is 14.1 Å². The fraction of sp³-hybridized carbons (Fsp3) is 0.417. The average molecular weight is 223 g/mol. The van der Waals surface area contributed by atoms with Crippen molar-refractivity contribution in [2.24, 2.45) is 0 Å². The Morgan fingerprint density at radius 3 is 2.56 bits per heavy atom. The number of phenols is 1. The molecule has 1 unspecified atom stereocenters. The summed E-state index contributed by atoms with van der Waals surface area (Å²) in [6.07, 6.45) is 0. The van der Waals surface area contributed by atoms with Crippen molar-refractivity contribution in [1.82, 2.24) is 4.90 Å². The van der Waals surface area contributed by atoms with Crippen LogP contribution in [0.2, 0.25) is 0 Å². The summed E-state index contributed by atoms with van der Waals surface area (Å²) < 4.78 is 0. The topological polar surface area (TPSA) is 60.8 Å².